The largest absolute Gasteiger partial charge is 0.265 e. The summed E-state index contributed by atoms with van der Waals surface area (Å²) in [6.45, 7) is 1.93. The number of rotatable bonds is 0. The third kappa shape index (κ3) is 4.52. The molecule has 0 aliphatic heterocycles. The second-order valence-electron chi connectivity index (χ2n) is 2.52. The first-order valence-electron chi connectivity index (χ1n) is 4.07. The van der Waals surface area contributed by atoms with Crippen molar-refractivity contribution < 1.29 is 0 Å². The van der Waals surface area contributed by atoms with E-state index >= 15 is 0 Å². The summed E-state index contributed by atoms with van der Waals surface area (Å²) in [4.78, 5) is 11.4. The van der Waals surface area contributed by atoms with E-state index in [2.05, 4.69) is 15.0 Å². The van der Waals surface area contributed by atoms with Crippen molar-refractivity contribution in [3.05, 3.63) is 53.8 Å². The van der Waals surface area contributed by atoms with Gasteiger partial charge in [0.1, 0.15) is 6.33 Å². The Morgan fingerprint density at radius 3 is 1.93 bits per heavy atom. The summed E-state index contributed by atoms with van der Waals surface area (Å²) >= 11 is 5.50. The minimum Gasteiger partial charge on any atom is -0.265 e. The third-order valence-corrected chi connectivity index (χ3v) is 1.62. The highest BCUT2D eigenvalue weighted by molar-refractivity contribution is 6.30. The van der Waals surface area contributed by atoms with Crippen LogP contribution in [0.3, 0.4) is 0 Å². The lowest BCUT2D eigenvalue weighted by Gasteiger charge is -1.81. The van der Waals surface area contributed by atoms with Crippen molar-refractivity contribution in [2.24, 2.45) is 0 Å². The molecule has 0 radical (unpaired) electrons. The average molecular weight is 208 g/mol. The van der Waals surface area contributed by atoms with E-state index in [4.69, 9.17) is 11.6 Å². The van der Waals surface area contributed by atoms with E-state index in [1.54, 1.807) is 30.7 Å². The smallest absolute Gasteiger partial charge is 0.115 e. The minimum atomic E-state index is 0.731. The first-order valence-corrected chi connectivity index (χ1v) is 4.45. The molecule has 2 heterocycles. The highest BCUT2D eigenvalue weighted by Crippen LogP contribution is 2.01. The molecule has 0 aromatic carbocycles. The summed E-state index contributed by atoms with van der Waals surface area (Å²) in [5.41, 5.74) is 1.01. The van der Waals surface area contributed by atoms with Gasteiger partial charge in [0.15, 0.2) is 0 Å². The van der Waals surface area contributed by atoms with E-state index in [0.29, 0.717) is 0 Å². The van der Waals surface area contributed by atoms with Crippen molar-refractivity contribution >= 4 is 11.6 Å². The Labute approximate surface area is 87.8 Å². The van der Waals surface area contributed by atoms with E-state index in [-0.39, 0.29) is 0 Å². The maximum absolute atomic E-state index is 5.50. The van der Waals surface area contributed by atoms with Crippen LogP contribution in [0.1, 0.15) is 5.69 Å². The molecular formula is C10H10ClN3. The Kier molecular flexibility index (Phi) is 4.58. The van der Waals surface area contributed by atoms with Crippen LogP contribution in [0.5, 0.6) is 0 Å². The van der Waals surface area contributed by atoms with E-state index in [0.717, 1.165) is 10.7 Å². The molecule has 0 fully saturated rings. The number of aromatic nitrogens is 3. The number of hydrogen-bond acceptors (Lipinski definition) is 3. The Bertz CT molecular complexity index is 313. The topological polar surface area (TPSA) is 38.7 Å². The van der Waals surface area contributed by atoms with Crippen LogP contribution in [0, 0.1) is 6.92 Å². The Morgan fingerprint density at radius 2 is 1.64 bits per heavy atom. The predicted molar refractivity (Wildman–Crippen MR) is 56.0 cm³/mol. The van der Waals surface area contributed by atoms with Crippen LogP contribution >= 0.6 is 11.6 Å². The fraction of sp³-hybridized carbons (Fsp3) is 0.100. The highest BCUT2D eigenvalue weighted by Gasteiger charge is 1.76. The van der Waals surface area contributed by atoms with E-state index in [1.165, 1.54) is 6.33 Å². The summed E-state index contributed by atoms with van der Waals surface area (Å²) in [6.07, 6.45) is 6.57. The van der Waals surface area contributed by atoms with Crippen LogP contribution in [0.25, 0.3) is 0 Å². The van der Waals surface area contributed by atoms with Gasteiger partial charge in [0, 0.05) is 29.3 Å². The van der Waals surface area contributed by atoms with E-state index < -0.39 is 0 Å². The first-order chi connectivity index (χ1) is 6.79. The van der Waals surface area contributed by atoms with Gasteiger partial charge in [0.2, 0.25) is 0 Å². The number of halogens is 1. The quantitative estimate of drug-likeness (QED) is 0.667. The zero-order valence-electron chi connectivity index (χ0n) is 7.76. The second-order valence-corrected chi connectivity index (χ2v) is 2.95. The molecule has 4 heteroatoms. The molecule has 0 amide bonds. The molecule has 0 aliphatic carbocycles. The molecule has 0 unspecified atom stereocenters. The lowest BCUT2D eigenvalue weighted by atomic mass is 10.5. The molecule has 2 rings (SSSR count). The van der Waals surface area contributed by atoms with Crippen molar-refractivity contribution in [1.29, 1.82) is 0 Å². The predicted octanol–water partition coefficient (Wildman–Crippen LogP) is 2.52. The van der Waals surface area contributed by atoms with E-state index in [1.807, 2.05) is 13.0 Å². The summed E-state index contributed by atoms with van der Waals surface area (Å²) in [7, 11) is 0. The van der Waals surface area contributed by atoms with Gasteiger partial charge >= 0.3 is 0 Å². The number of pyridine rings is 1. The van der Waals surface area contributed by atoms with Crippen molar-refractivity contribution in [3.63, 3.8) is 0 Å². The summed E-state index contributed by atoms with van der Waals surface area (Å²) < 4.78 is 0. The molecule has 72 valence electrons. The third-order valence-electron chi connectivity index (χ3n) is 1.37. The van der Waals surface area contributed by atoms with Crippen LogP contribution in [-0.2, 0) is 0 Å². The highest BCUT2D eigenvalue weighted by atomic mass is 35.5. The molecule has 0 saturated heterocycles. The lowest BCUT2D eigenvalue weighted by molar-refractivity contribution is 1.10. The molecule has 0 spiro atoms. The second kappa shape index (κ2) is 6.05. The van der Waals surface area contributed by atoms with Gasteiger partial charge in [0.25, 0.3) is 0 Å². The van der Waals surface area contributed by atoms with Crippen LogP contribution < -0.4 is 0 Å². The monoisotopic (exact) mass is 207 g/mol. The molecule has 3 nitrogen and oxygen atoms in total. The van der Waals surface area contributed by atoms with Crippen LogP contribution in [0.2, 0.25) is 5.02 Å². The number of hydrogen-bond donors (Lipinski definition) is 0. The molecule has 0 bridgehead atoms. The van der Waals surface area contributed by atoms with Gasteiger partial charge in [-0.05, 0) is 25.1 Å². The zero-order valence-corrected chi connectivity index (χ0v) is 8.52. The van der Waals surface area contributed by atoms with Crippen molar-refractivity contribution in [2.75, 3.05) is 0 Å². The Hall–Kier alpha value is -1.48. The normalized spacial score (nSPS) is 8.71. The van der Waals surface area contributed by atoms with Crippen molar-refractivity contribution in [3.8, 4) is 0 Å². The van der Waals surface area contributed by atoms with Crippen molar-refractivity contribution in [2.45, 2.75) is 6.92 Å². The zero-order chi connectivity index (χ0) is 10.2. The average Bonchev–Trinajstić information content (AvgIpc) is 2.21. The van der Waals surface area contributed by atoms with Crippen molar-refractivity contribution in [1.82, 2.24) is 15.0 Å². The van der Waals surface area contributed by atoms with Gasteiger partial charge in [0.05, 0.1) is 0 Å². The van der Waals surface area contributed by atoms with E-state index in [9.17, 15) is 0 Å². The summed E-state index contributed by atoms with van der Waals surface area (Å²) in [6, 6.07) is 5.34. The standard InChI is InChI=1S/C5H4ClN.C5H6N2/c6-5-1-3-7-4-2-5;1-5-2-3-6-4-7-5/h1-4H;2-4H,1H3. The maximum Gasteiger partial charge on any atom is 0.115 e. The Balaban J connectivity index is 0.000000140. The van der Waals surface area contributed by atoms with Gasteiger partial charge in [-0.15, -0.1) is 0 Å². The maximum atomic E-state index is 5.50. The Morgan fingerprint density at radius 1 is 1.00 bits per heavy atom. The van der Waals surface area contributed by atoms with Gasteiger partial charge in [-0.25, -0.2) is 9.97 Å². The molecule has 0 saturated carbocycles. The fourth-order valence-electron chi connectivity index (χ4n) is 0.691. The molecule has 14 heavy (non-hydrogen) atoms. The molecule has 2 aromatic rings. The molecule has 0 atom stereocenters. The fourth-order valence-corrected chi connectivity index (χ4v) is 0.803. The minimum absolute atomic E-state index is 0.731. The SMILES string of the molecule is Cc1ccncn1.Clc1ccncc1. The van der Waals surface area contributed by atoms with Gasteiger partial charge in [-0.1, -0.05) is 11.6 Å². The first kappa shape index (κ1) is 10.6. The summed E-state index contributed by atoms with van der Waals surface area (Å²) in [5.74, 6) is 0. The van der Waals surface area contributed by atoms with Crippen LogP contribution in [0.15, 0.2) is 43.1 Å². The lowest BCUT2D eigenvalue weighted by Crippen LogP contribution is -1.77. The van der Waals surface area contributed by atoms with Crippen LogP contribution in [0.4, 0.5) is 0 Å². The van der Waals surface area contributed by atoms with Crippen LogP contribution in [-0.4, -0.2) is 15.0 Å². The molecule has 2 aromatic heterocycles. The van der Waals surface area contributed by atoms with Gasteiger partial charge < -0.3 is 0 Å². The van der Waals surface area contributed by atoms with Gasteiger partial charge in [-0.3, -0.25) is 4.98 Å². The summed E-state index contributed by atoms with van der Waals surface area (Å²) in [5, 5.41) is 0.731. The molecule has 0 aliphatic rings. The molecular weight excluding hydrogens is 198 g/mol. The number of nitrogens with zero attached hydrogens (tertiary/aromatic N) is 3. The molecule has 0 N–H and O–H groups in total. The number of aryl methyl sites for hydroxylation is 1. The van der Waals surface area contributed by atoms with Gasteiger partial charge in [-0.2, -0.15) is 0 Å².